The molecule has 76 valence electrons. The summed E-state index contributed by atoms with van der Waals surface area (Å²) in [6, 6.07) is 0. The van der Waals surface area contributed by atoms with Crippen LogP contribution in [0.2, 0.25) is 0 Å². The van der Waals surface area contributed by atoms with Gasteiger partial charge in [0.1, 0.15) is 6.61 Å². The minimum absolute atomic E-state index is 0.0525. The van der Waals surface area contributed by atoms with Crippen molar-refractivity contribution in [2.75, 3.05) is 13.7 Å². The fourth-order valence-electron chi connectivity index (χ4n) is 0.967. The van der Waals surface area contributed by atoms with E-state index in [1.165, 1.54) is 7.11 Å². The van der Waals surface area contributed by atoms with Crippen LogP contribution >= 0.6 is 0 Å². The van der Waals surface area contributed by atoms with Crippen molar-refractivity contribution in [1.29, 1.82) is 0 Å². The van der Waals surface area contributed by atoms with E-state index in [1.807, 2.05) is 0 Å². The molecule has 0 aliphatic carbocycles. The number of hydrogen-bond donors (Lipinski definition) is 2. The average molecular weight is 189 g/mol. The molecule has 0 aromatic carbocycles. The summed E-state index contributed by atoms with van der Waals surface area (Å²) in [5.41, 5.74) is -0.735. The van der Waals surface area contributed by atoms with Gasteiger partial charge in [-0.1, -0.05) is 0 Å². The van der Waals surface area contributed by atoms with Gasteiger partial charge in [0.15, 0.2) is 0 Å². The van der Waals surface area contributed by atoms with E-state index in [-0.39, 0.29) is 18.9 Å². The smallest absolute Gasteiger partial charge is 0.305 e. The summed E-state index contributed by atoms with van der Waals surface area (Å²) >= 11 is 0. The Morgan fingerprint density at radius 1 is 1.46 bits per heavy atom. The van der Waals surface area contributed by atoms with Gasteiger partial charge in [0.25, 0.3) is 0 Å². The summed E-state index contributed by atoms with van der Waals surface area (Å²) in [6.45, 7) is 3.24. The fourth-order valence-corrected chi connectivity index (χ4v) is 0.967. The van der Waals surface area contributed by atoms with E-state index in [2.05, 4.69) is 10.1 Å². The lowest BCUT2D eigenvalue weighted by atomic mass is 10.0. The normalized spacial score (nSPS) is 11.0. The van der Waals surface area contributed by atoms with Crippen LogP contribution in [0.15, 0.2) is 0 Å². The molecule has 0 aliphatic heterocycles. The van der Waals surface area contributed by atoms with Crippen molar-refractivity contribution in [2.24, 2.45) is 0 Å². The van der Waals surface area contributed by atoms with Crippen LogP contribution in [-0.4, -0.2) is 36.2 Å². The first-order valence-electron chi connectivity index (χ1n) is 3.89. The monoisotopic (exact) mass is 189 g/mol. The molecule has 0 radical (unpaired) electrons. The van der Waals surface area contributed by atoms with E-state index in [1.54, 1.807) is 13.8 Å². The van der Waals surface area contributed by atoms with Gasteiger partial charge in [0.2, 0.25) is 5.91 Å². The highest BCUT2D eigenvalue weighted by atomic mass is 16.5. The van der Waals surface area contributed by atoms with Gasteiger partial charge in [-0.2, -0.15) is 0 Å². The number of ether oxygens (including phenoxy) is 1. The quantitative estimate of drug-likeness (QED) is 0.638. The van der Waals surface area contributed by atoms with Crippen molar-refractivity contribution in [3.63, 3.8) is 0 Å². The summed E-state index contributed by atoms with van der Waals surface area (Å²) in [6.07, 6.45) is -0.109. The van der Waals surface area contributed by atoms with Crippen LogP contribution in [-0.2, 0) is 14.3 Å². The molecule has 0 saturated heterocycles. The van der Waals surface area contributed by atoms with Crippen molar-refractivity contribution in [3.05, 3.63) is 0 Å². The van der Waals surface area contributed by atoms with Crippen LogP contribution in [0.1, 0.15) is 20.3 Å². The number of carboxylic acids is 1. The molecule has 0 aromatic heterocycles. The second-order valence-electron chi connectivity index (χ2n) is 3.44. The van der Waals surface area contributed by atoms with Crippen LogP contribution in [0, 0.1) is 0 Å². The fraction of sp³-hybridized carbons (Fsp3) is 0.750. The Balaban J connectivity index is 4.00. The van der Waals surface area contributed by atoms with E-state index in [9.17, 15) is 9.59 Å². The molecule has 0 aliphatic rings. The zero-order valence-electron chi connectivity index (χ0n) is 8.09. The number of nitrogens with one attached hydrogen (secondary N) is 1. The molecule has 0 saturated carbocycles. The number of carbonyl (C=O) groups excluding carboxylic acids is 1. The van der Waals surface area contributed by atoms with Crippen molar-refractivity contribution in [2.45, 2.75) is 25.8 Å². The molecule has 0 unspecified atom stereocenters. The van der Waals surface area contributed by atoms with Gasteiger partial charge < -0.3 is 15.2 Å². The Hall–Kier alpha value is -1.10. The molecule has 0 fully saturated rings. The molecular formula is C8H15NO4. The van der Waals surface area contributed by atoms with Crippen LogP contribution in [0.3, 0.4) is 0 Å². The predicted octanol–water partition coefficient (Wildman–Crippen LogP) is 0.00230. The molecular weight excluding hydrogens is 174 g/mol. The van der Waals surface area contributed by atoms with Crippen LogP contribution in [0.5, 0.6) is 0 Å². The van der Waals surface area contributed by atoms with Gasteiger partial charge in [-0.25, -0.2) is 0 Å². The maximum Gasteiger partial charge on any atom is 0.305 e. The zero-order chi connectivity index (χ0) is 10.5. The SMILES string of the molecule is COCC(=O)NC(C)(C)CC(=O)O. The van der Waals surface area contributed by atoms with Crippen LogP contribution in [0.4, 0.5) is 0 Å². The highest BCUT2D eigenvalue weighted by molar-refractivity contribution is 5.79. The van der Waals surface area contributed by atoms with E-state index in [0.717, 1.165) is 0 Å². The van der Waals surface area contributed by atoms with E-state index >= 15 is 0 Å². The summed E-state index contributed by atoms with van der Waals surface area (Å²) in [5.74, 6) is -1.25. The van der Waals surface area contributed by atoms with Gasteiger partial charge >= 0.3 is 5.97 Å². The largest absolute Gasteiger partial charge is 0.481 e. The summed E-state index contributed by atoms with van der Waals surface area (Å²) < 4.78 is 4.60. The number of amides is 1. The molecule has 0 rings (SSSR count). The number of aliphatic carboxylic acids is 1. The van der Waals surface area contributed by atoms with Gasteiger partial charge in [-0.15, -0.1) is 0 Å². The number of rotatable bonds is 5. The molecule has 0 spiro atoms. The third kappa shape index (κ3) is 6.10. The maximum absolute atomic E-state index is 11.0. The van der Waals surface area contributed by atoms with Gasteiger partial charge in [-0.05, 0) is 13.8 Å². The minimum Gasteiger partial charge on any atom is -0.481 e. The molecule has 0 bridgehead atoms. The number of hydrogen-bond acceptors (Lipinski definition) is 3. The molecule has 5 heteroatoms. The van der Waals surface area contributed by atoms with Gasteiger partial charge in [-0.3, -0.25) is 9.59 Å². The standard InChI is InChI=1S/C8H15NO4/c1-8(2,4-7(11)12)9-6(10)5-13-3/h4-5H2,1-3H3,(H,9,10)(H,11,12). The molecule has 0 heterocycles. The first-order chi connectivity index (χ1) is 5.87. The zero-order valence-corrected chi connectivity index (χ0v) is 8.09. The summed E-state index contributed by atoms with van der Waals surface area (Å²) in [5, 5.41) is 11.1. The van der Waals surface area contributed by atoms with Crippen molar-refractivity contribution >= 4 is 11.9 Å². The first-order valence-corrected chi connectivity index (χ1v) is 3.89. The lowest BCUT2D eigenvalue weighted by molar-refractivity contribution is -0.138. The van der Waals surface area contributed by atoms with Crippen LogP contribution in [0.25, 0.3) is 0 Å². The lowest BCUT2D eigenvalue weighted by Crippen LogP contribution is -2.46. The second kappa shape index (κ2) is 4.81. The van der Waals surface area contributed by atoms with Crippen molar-refractivity contribution in [1.82, 2.24) is 5.32 Å². The molecule has 0 atom stereocenters. The van der Waals surface area contributed by atoms with E-state index in [4.69, 9.17) is 5.11 Å². The lowest BCUT2D eigenvalue weighted by Gasteiger charge is -2.23. The molecule has 1 amide bonds. The Labute approximate surface area is 77.1 Å². The second-order valence-corrected chi connectivity index (χ2v) is 3.44. The predicted molar refractivity (Wildman–Crippen MR) is 46.4 cm³/mol. The molecule has 5 nitrogen and oxygen atoms in total. The molecule has 0 aromatic rings. The molecule has 13 heavy (non-hydrogen) atoms. The summed E-state index contributed by atoms with van der Waals surface area (Å²) in [4.78, 5) is 21.4. The Bertz CT molecular complexity index is 200. The average Bonchev–Trinajstić information content (AvgIpc) is 1.81. The van der Waals surface area contributed by atoms with Crippen LogP contribution < -0.4 is 5.32 Å². The molecule has 2 N–H and O–H groups in total. The highest BCUT2D eigenvalue weighted by Gasteiger charge is 2.23. The minimum atomic E-state index is -0.942. The van der Waals surface area contributed by atoms with Gasteiger partial charge in [0.05, 0.1) is 6.42 Å². The topological polar surface area (TPSA) is 75.6 Å². The number of carboxylic acid groups (broad SMARTS) is 1. The summed E-state index contributed by atoms with van der Waals surface area (Å²) in [7, 11) is 1.41. The maximum atomic E-state index is 11.0. The highest BCUT2D eigenvalue weighted by Crippen LogP contribution is 2.07. The van der Waals surface area contributed by atoms with E-state index < -0.39 is 11.5 Å². The van der Waals surface area contributed by atoms with E-state index in [0.29, 0.717) is 0 Å². The Kier molecular flexibility index (Phi) is 4.40. The van der Waals surface area contributed by atoms with Crippen molar-refractivity contribution < 1.29 is 19.4 Å². The third-order valence-corrected chi connectivity index (χ3v) is 1.35. The number of carbonyl (C=O) groups is 2. The van der Waals surface area contributed by atoms with Crippen molar-refractivity contribution in [3.8, 4) is 0 Å². The third-order valence-electron chi connectivity index (χ3n) is 1.35. The first kappa shape index (κ1) is 11.9. The Morgan fingerprint density at radius 2 is 2.00 bits per heavy atom. The van der Waals surface area contributed by atoms with Gasteiger partial charge in [0, 0.05) is 12.6 Å². The number of methoxy groups -OCH3 is 1. The Morgan fingerprint density at radius 3 is 2.38 bits per heavy atom.